The van der Waals surface area contributed by atoms with Crippen LogP contribution >= 0.6 is 11.6 Å². The first-order chi connectivity index (χ1) is 12.9. The second-order valence-electron chi connectivity index (χ2n) is 6.74. The van der Waals surface area contributed by atoms with Crippen LogP contribution in [0, 0.1) is 11.8 Å². The molecule has 0 radical (unpaired) electrons. The molecule has 27 heavy (non-hydrogen) atoms. The fourth-order valence-corrected chi connectivity index (χ4v) is 3.67. The van der Waals surface area contributed by atoms with Gasteiger partial charge in [0.05, 0.1) is 16.9 Å². The van der Waals surface area contributed by atoms with E-state index < -0.39 is 24.5 Å². The number of anilines is 1. The van der Waals surface area contributed by atoms with Gasteiger partial charge in [-0.2, -0.15) is 0 Å². The Kier molecular flexibility index (Phi) is 5.74. The first-order valence-electron chi connectivity index (χ1n) is 8.83. The van der Waals surface area contributed by atoms with Crippen molar-refractivity contribution in [1.82, 2.24) is 9.88 Å². The van der Waals surface area contributed by atoms with E-state index in [1.165, 1.54) is 19.2 Å². The van der Waals surface area contributed by atoms with Gasteiger partial charge in [0.15, 0.2) is 6.61 Å². The number of hydrogen-bond donors (Lipinski definition) is 1. The highest BCUT2D eigenvalue weighted by Gasteiger charge is 2.51. The van der Waals surface area contributed by atoms with Gasteiger partial charge in [-0.15, -0.1) is 0 Å². The van der Waals surface area contributed by atoms with E-state index in [2.05, 4.69) is 10.3 Å². The number of carbonyl (C=O) groups is 4. The van der Waals surface area contributed by atoms with Crippen molar-refractivity contribution in [3.8, 4) is 0 Å². The highest BCUT2D eigenvalue weighted by Crippen LogP contribution is 2.38. The van der Waals surface area contributed by atoms with E-state index in [1.54, 1.807) is 6.07 Å². The molecule has 1 saturated carbocycles. The van der Waals surface area contributed by atoms with Crippen LogP contribution in [0.5, 0.6) is 0 Å². The molecule has 9 heteroatoms. The Hall–Kier alpha value is -2.48. The molecule has 2 aliphatic rings. The lowest BCUT2D eigenvalue weighted by atomic mass is 9.81. The summed E-state index contributed by atoms with van der Waals surface area (Å²) in [6.07, 6.45) is 4.53. The van der Waals surface area contributed by atoms with Crippen molar-refractivity contribution in [3.63, 3.8) is 0 Å². The third-order valence-corrected chi connectivity index (χ3v) is 5.17. The molecule has 3 amide bonds. The molecule has 0 unspecified atom stereocenters. The van der Waals surface area contributed by atoms with E-state index >= 15 is 0 Å². The Balaban J connectivity index is 1.54. The normalized spacial score (nSPS) is 23.0. The average molecular weight is 394 g/mol. The van der Waals surface area contributed by atoms with Crippen molar-refractivity contribution in [2.45, 2.75) is 38.6 Å². The van der Waals surface area contributed by atoms with E-state index in [1.807, 2.05) is 0 Å². The smallest absolute Gasteiger partial charge is 0.329 e. The Bertz CT molecular complexity index is 743. The minimum atomic E-state index is -1.06. The van der Waals surface area contributed by atoms with E-state index in [0.717, 1.165) is 17.7 Å². The second-order valence-corrected chi connectivity index (χ2v) is 7.17. The van der Waals surface area contributed by atoms with Crippen LogP contribution in [-0.2, 0) is 23.9 Å². The van der Waals surface area contributed by atoms with E-state index in [-0.39, 0.29) is 29.5 Å². The average Bonchev–Trinajstić information content (AvgIpc) is 2.92. The monoisotopic (exact) mass is 393 g/mol. The third-order valence-electron chi connectivity index (χ3n) is 4.94. The van der Waals surface area contributed by atoms with Crippen LogP contribution in [0.15, 0.2) is 18.3 Å². The molecule has 1 saturated heterocycles. The molecule has 144 valence electrons. The Morgan fingerprint density at radius 3 is 2.44 bits per heavy atom. The first kappa shape index (κ1) is 19.3. The molecule has 1 aliphatic heterocycles. The number of esters is 1. The Labute approximate surface area is 161 Å². The number of hydrogen-bond acceptors (Lipinski definition) is 6. The number of aromatic nitrogens is 1. The molecule has 0 aromatic carbocycles. The number of imide groups is 1. The van der Waals surface area contributed by atoms with Crippen molar-refractivity contribution >= 4 is 41.1 Å². The summed E-state index contributed by atoms with van der Waals surface area (Å²) < 4.78 is 4.97. The number of halogens is 1. The summed E-state index contributed by atoms with van der Waals surface area (Å²) in [6, 6.07) is 2.01. The van der Waals surface area contributed by atoms with Crippen molar-refractivity contribution in [2.24, 2.45) is 11.8 Å². The molecule has 0 bridgehead atoms. The fraction of sp³-hybridized carbons (Fsp3) is 0.500. The summed E-state index contributed by atoms with van der Waals surface area (Å²) >= 11 is 5.71. The third kappa shape index (κ3) is 4.10. The molecule has 3 atom stereocenters. The molecule has 1 aromatic rings. The number of nitrogens with one attached hydrogen (secondary N) is 1. The summed E-state index contributed by atoms with van der Waals surface area (Å²) in [4.78, 5) is 54.0. The van der Waals surface area contributed by atoms with E-state index in [0.29, 0.717) is 17.9 Å². The van der Waals surface area contributed by atoms with Crippen LogP contribution in [0.2, 0.25) is 5.02 Å². The van der Waals surface area contributed by atoms with Crippen molar-refractivity contribution in [1.29, 1.82) is 0 Å². The number of likely N-dealkylation sites (tertiary alicyclic amines) is 1. The van der Waals surface area contributed by atoms with Crippen molar-refractivity contribution < 1.29 is 23.9 Å². The van der Waals surface area contributed by atoms with Gasteiger partial charge in [0.25, 0.3) is 5.91 Å². The molecule has 1 N–H and O–H groups in total. The number of rotatable bonds is 5. The number of pyridine rings is 1. The van der Waals surface area contributed by atoms with Crippen LogP contribution in [-0.4, -0.2) is 46.2 Å². The number of carbonyl (C=O) groups excluding carboxylic acids is 4. The Morgan fingerprint density at radius 1 is 1.26 bits per heavy atom. The molecular weight excluding hydrogens is 374 g/mol. The summed E-state index contributed by atoms with van der Waals surface area (Å²) in [7, 11) is 0. The number of amides is 3. The number of nitrogens with zero attached hydrogens (tertiary/aromatic N) is 2. The molecule has 1 aromatic heterocycles. The minimum Gasteiger partial charge on any atom is -0.454 e. The standard InChI is InChI=1S/C18H20ClN3O5/c1-10(22-16(24)12-4-2-3-5-13(12)17(22)25)18(26)27-9-15(23)21-14-7-6-11(19)8-20-14/h6-8,10,12-13H,2-5,9H2,1H3,(H,20,21,23)/t10-,12-,13+/m0/s1. The molecule has 1 aliphatic carbocycles. The molecule has 2 fully saturated rings. The summed E-state index contributed by atoms with van der Waals surface area (Å²) in [5.74, 6) is -2.41. The van der Waals surface area contributed by atoms with Crippen LogP contribution in [0.25, 0.3) is 0 Å². The van der Waals surface area contributed by atoms with Gasteiger partial charge in [0, 0.05) is 6.20 Å². The van der Waals surface area contributed by atoms with Gasteiger partial charge in [-0.1, -0.05) is 24.4 Å². The van der Waals surface area contributed by atoms with Gasteiger partial charge in [0.2, 0.25) is 11.8 Å². The highest BCUT2D eigenvalue weighted by molar-refractivity contribution is 6.30. The maximum Gasteiger partial charge on any atom is 0.329 e. The zero-order valence-corrected chi connectivity index (χ0v) is 15.6. The van der Waals surface area contributed by atoms with Gasteiger partial charge in [-0.05, 0) is 31.9 Å². The van der Waals surface area contributed by atoms with Crippen molar-refractivity contribution in [2.75, 3.05) is 11.9 Å². The predicted octanol–water partition coefficient (Wildman–Crippen LogP) is 1.78. The van der Waals surface area contributed by atoms with E-state index in [9.17, 15) is 19.2 Å². The number of ether oxygens (including phenoxy) is 1. The highest BCUT2D eigenvalue weighted by atomic mass is 35.5. The van der Waals surface area contributed by atoms with Gasteiger partial charge in [0.1, 0.15) is 11.9 Å². The fourth-order valence-electron chi connectivity index (χ4n) is 3.56. The van der Waals surface area contributed by atoms with Crippen LogP contribution in [0.3, 0.4) is 0 Å². The zero-order chi connectivity index (χ0) is 19.6. The van der Waals surface area contributed by atoms with Gasteiger partial charge in [-0.25, -0.2) is 9.78 Å². The summed E-state index contributed by atoms with van der Waals surface area (Å²) in [5, 5.41) is 2.88. The van der Waals surface area contributed by atoms with Crippen LogP contribution in [0.4, 0.5) is 5.82 Å². The lowest BCUT2D eigenvalue weighted by Crippen LogP contribution is -2.45. The van der Waals surface area contributed by atoms with E-state index in [4.69, 9.17) is 16.3 Å². The Morgan fingerprint density at radius 2 is 1.89 bits per heavy atom. The lowest BCUT2D eigenvalue weighted by molar-refractivity contribution is -0.159. The van der Waals surface area contributed by atoms with Crippen LogP contribution in [0.1, 0.15) is 32.6 Å². The predicted molar refractivity (Wildman–Crippen MR) is 95.6 cm³/mol. The summed E-state index contributed by atoms with van der Waals surface area (Å²) in [5.41, 5.74) is 0. The largest absolute Gasteiger partial charge is 0.454 e. The lowest BCUT2D eigenvalue weighted by Gasteiger charge is -2.21. The first-order valence-corrected chi connectivity index (χ1v) is 9.21. The molecule has 8 nitrogen and oxygen atoms in total. The maximum atomic E-state index is 12.5. The SMILES string of the molecule is C[C@@H](C(=O)OCC(=O)Nc1ccc(Cl)cn1)N1C(=O)[C@H]2CCCC[C@H]2C1=O. The topological polar surface area (TPSA) is 106 Å². The summed E-state index contributed by atoms with van der Waals surface area (Å²) in [6.45, 7) is 0.894. The maximum absolute atomic E-state index is 12.5. The van der Waals surface area contributed by atoms with Gasteiger partial charge < -0.3 is 10.1 Å². The minimum absolute atomic E-state index is 0.266. The molecule has 0 spiro atoms. The van der Waals surface area contributed by atoms with Gasteiger partial charge in [-0.3, -0.25) is 19.3 Å². The van der Waals surface area contributed by atoms with Crippen LogP contribution < -0.4 is 5.32 Å². The van der Waals surface area contributed by atoms with Crippen molar-refractivity contribution in [3.05, 3.63) is 23.4 Å². The zero-order valence-electron chi connectivity index (χ0n) is 14.8. The molecule has 3 rings (SSSR count). The molecular formula is C18H20ClN3O5. The quantitative estimate of drug-likeness (QED) is 0.603. The number of fused-ring (bicyclic) bond motifs is 1. The molecule has 2 heterocycles. The van der Waals surface area contributed by atoms with Gasteiger partial charge >= 0.3 is 5.97 Å². The second kappa shape index (κ2) is 8.04.